The van der Waals surface area contributed by atoms with Crippen LogP contribution in [0.4, 0.5) is 10.1 Å². The van der Waals surface area contributed by atoms with E-state index >= 15 is 0 Å². The van der Waals surface area contributed by atoms with Crippen LogP contribution in [0.15, 0.2) is 18.2 Å². The first-order valence-electron chi connectivity index (χ1n) is 6.21. The van der Waals surface area contributed by atoms with E-state index < -0.39 is 0 Å². The normalized spacial score (nSPS) is 20.3. The zero-order valence-electron chi connectivity index (χ0n) is 10.4. The number of hydrogen-bond donors (Lipinski definition) is 0. The van der Waals surface area contributed by atoms with Gasteiger partial charge in [0.05, 0.1) is 5.69 Å². The minimum Gasteiger partial charge on any atom is -0.369 e. The summed E-state index contributed by atoms with van der Waals surface area (Å²) in [6, 6.07) is 5.34. The minimum absolute atomic E-state index is 0.0913. The quantitative estimate of drug-likeness (QED) is 0.756. The van der Waals surface area contributed by atoms with Crippen LogP contribution in [0.3, 0.4) is 0 Å². The Kier molecular flexibility index (Phi) is 4.08. The molecule has 0 aromatic heterocycles. The number of benzene rings is 1. The van der Waals surface area contributed by atoms with Gasteiger partial charge in [-0.25, -0.2) is 4.39 Å². The Morgan fingerprint density at radius 2 is 2.24 bits per heavy atom. The minimum atomic E-state index is -0.0913. The Bertz CT molecular complexity index is 392. The van der Waals surface area contributed by atoms with E-state index in [1.807, 2.05) is 6.07 Å². The van der Waals surface area contributed by atoms with E-state index in [1.54, 1.807) is 12.1 Å². The zero-order chi connectivity index (χ0) is 12.4. The summed E-state index contributed by atoms with van der Waals surface area (Å²) < 4.78 is 14.0. The van der Waals surface area contributed by atoms with Crippen LogP contribution >= 0.6 is 15.9 Å². The van der Waals surface area contributed by atoms with Gasteiger partial charge in [-0.2, -0.15) is 0 Å². The van der Waals surface area contributed by atoms with Crippen LogP contribution in [-0.2, 0) is 5.33 Å². The van der Waals surface area contributed by atoms with Gasteiger partial charge in [0.1, 0.15) is 5.82 Å². The van der Waals surface area contributed by atoms with Crippen LogP contribution in [-0.4, -0.2) is 13.1 Å². The molecule has 17 heavy (non-hydrogen) atoms. The molecule has 1 aromatic rings. The molecule has 1 unspecified atom stereocenters. The molecule has 0 N–H and O–H groups in total. The lowest BCUT2D eigenvalue weighted by molar-refractivity contribution is 0.422. The average molecular weight is 300 g/mol. The van der Waals surface area contributed by atoms with E-state index in [9.17, 15) is 4.39 Å². The Morgan fingerprint density at radius 1 is 1.47 bits per heavy atom. The summed E-state index contributed by atoms with van der Waals surface area (Å²) in [5.41, 5.74) is 1.85. The summed E-state index contributed by atoms with van der Waals surface area (Å²) in [6.45, 7) is 6.46. The van der Waals surface area contributed by atoms with Crippen LogP contribution in [0.25, 0.3) is 0 Å². The highest BCUT2D eigenvalue weighted by Gasteiger charge is 2.27. The fraction of sp³-hybridized carbons (Fsp3) is 0.571. The molecule has 0 radical (unpaired) electrons. The number of nitrogens with zero attached hydrogens (tertiary/aromatic N) is 1. The Balaban J connectivity index is 2.24. The third-order valence-electron chi connectivity index (χ3n) is 3.70. The topological polar surface area (TPSA) is 3.24 Å². The highest BCUT2D eigenvalue weighted by atomic mass is 79.9. The molecule has 0 aliphatic carbocycles. The van der Waals surface area contributed by atoms with Gasteiger partial charge in [0.25, 0.3) is 0 Å². The lowest BCUT2D eigenvalue weighted by atomic mass is 9.95. The molecule has 1 aliphatic heterocycles. The molecule has 1 atom stereocenters. The molecule has 1 heterocycles. The Labute approximate surface area is 111 Å². The molecule has 1 fully saturated rings. The number of hydrogen-bond acceptors (Lipinski definition) is 1. The highest BCUT2D eigenvalue weighted by Crippen LogP contribution is 2.33. The van der Waals surface area contributed by atoms with E-state index in [4.69, 9.17) is 0 Å². The van der Waals surface area contributed by atoms with Gasteiger partial charge in [-0.15, -0.1) is 0 Å². The van der Waals surface area contributed by atoms with Gasteiger partial charge >= 0.3 is 0 Å². The number of alkyl halides is 1. The molecule has 0 amide bonds. The molecule has 0 saturated carbocycles. The zero-order valence-corrected chi connectivity index (χ0v) is 12.0. The Hall–Kier alpha value is -0.570. The summed E-state index contributed by atoms with van der Waals surface area (Å²) in [7, 11) is 0. The second-order valence-electron chi connectivity index (χ2n) is 5.12. The van der Waals surface area contributed by atoms with E-state index in [-0.39, 0.29) is 5.82 Å². The van der Waals surface area contributed by atoms with E-state index in [0.717, 1.165) is 24.3 Å². The Morgan fingerprint density at radius 3 is 2.82 bits per heavy atom. The van der Waals surface area contributed by atoms with Gasteiger partial charge in [-0.3, -0.25) is 0 Å². The van der Waals surface area contributed by atoms with Crippen LogP contribution in [0.1, 0.15) is 25.8 Å². The van der Waals surface area contributed by atoms with E-state index in [0.29, 0.717) is 17.2 Å². The van der Waals surface area contributed by atoms with Crippen LogP contribution in [0.2, 0.25) is 0 Å². The first-order chi connectivity index (χ1) is 8.13. The fourth-order valence-corrected chi connectivity index (χ4v) is 3.01. The lowest BCUT2D eigenvalue weighted by Gasteiger charge is -2.23. The molecule has 1 aromatic carbocycles. The van der Waals surface area contributed by atoms with Crippen molar-refractivity contribution >= 4 is 21.6 Å². The summed E-state index contributed by atoms with van der Waals surface area (Å²) in [5.74, 6) is 1.28. The van der Waals surface area contributed by atoms with Crippen molar-refractivity contribution in [2.75, 3.05) is 18.0 Å². The third-order valence-corrected chi connectivity index (χ3v) is 4.30. The van der Waals surface area contributed by atoms with Crippen molar-refractivity contribution < 1.29 is 4.39 Å². The molecule has 3 heteroatoms. The first-order valence-corrected chi connectivity index (χ1v) is 7.34. The van der Waals surface area contributed by atoms with Gasteiger partial charge in [-0.05, 0) is 29.9 Å². The number of rotatable bonds is 3. The van der Waals surface area contributed by atoms with Crippen LogP contribution < -0.4 is 4.90 Å². The van der Waals surface area contributed by atoms with Crippen LogP contribution in [0, 0.1) is 17.7 Å². The largest absolute Gasteiger partial charge is 0.369 e. The van der Waals surface area contributed by atoms with Gasteiger partial charge in [0, 0.05) is 18.4 Å². The molecule has 0 bridgehead atoms. The lowest BCUT2D eigenvalue weighted by Crippen LogP contribution is -2.23. The average Bonchev–Trinajstić information content (AvgIpc) is 2.77. The highest BCUT2D eigenvalue weighted by molar-refractivity contribution is 9.08. The fourth-order valence-electron chi connectivity index (χ4n) is 2.56. The van der Waals surface area contributed by atoms with Crippen molar-refractivity contribution in [1.29, 1.82) is 0 Å². The van der Waals surface area contributed by atoms with Crippen molar-refractivity contribution in [3.05, 3.63) is 29.6 Å². The van der Waals surface area contributed by atoms with Crippen molar-refractivity contribution in [2.45, 2.75) is 25.6 Å². The second-order valence-corrected chi connectivity index (χ2v) is 5.68. The van der Waals surface area contributed by atoms with Gasteiger partial charge in [0.2, 0.25) is 0 Å². The van der Waals surface area contributed by atoms with Crippen molar-refractivity contribution in [3.63, 3.8) is 0 Å². The van der Waals surface area contributed by atoms with Crippen molar-refractivity contribution in [3.8, 4) is 0 Å². The number of anilines is 1. The molecule has 0 spiro atoms. The predicted molar refractivity (Wildman–Crippen MR) is 74.2 cm³/mol. The van der Waals surface area contributed by atoms with Crippen molar-refractivity contribution in [2.24, 2.45) is 11.8 Å². The number of para-hydroxylation sites is 1. The SMILES string of the molecule is CC(C)C1CCN(c2c(F)cccc2CBr)C1. The van der Waals surface area contributed by atoms with E-state index in [2.05, 4.69) is 34.7 Å². The maximum absolute atomic E-state index is 14.0. The summed E-state index contributed by atoms with van der Waals surface area (Å²) in [4.78, 5) is 2.20. The third kappa shape index (κ3) is 2.65. The second kappa shape index (κ2) is 5.38. The first kappa shape index (κ1) is 12.9. The maximum atomic E-state index is 14.0. The smallest absolute Gasteiger partial charge is 0.146 e. The predicted octanol–water partition coefficient (Wildman–Crippen LogP) is 4.20. The molecule has 2 rings (SSSR count). The molecule has 1 nitrogen and oxygen atoms in total. The molecular weight excluding hydrogens is 281 g/mol. The molecule has 94 valence electrons. The standard InChI is InChI=1S/C14H19BrFN/c1-10(2)12-6-7-17(9-12)14-11(8-15)4-3-5-13(14)16/h3-5,10,12H,6-9H2,1-2H3. The summed E-state index contributed by atoms with van der Waals surface area (Å²) >= 11 is 3.44. The number of halogens is 2. The molecule has 1 aliphatic rings. The van der Waals surface area contributed by atoms with Crippen molar-refractivity contribution in [1.82, 2.24) is 0 Å². The summed E-state index contributed by atoms with van der Waals surface area (Å²) in [6.07, 6.45) is 1.17. The maximum Gasteiger partial charge on any atom is 0.146 e. The molecular formula is C14H19BrFN. The van der Waals surface area contributed by atoms with Crippen LogP contribution in [0.5, 0.6) is 0 Å². The van der Waals surface area contributed by atoms with E-state index in [1.165, 1.54) is 6.42 Å². The van der Waals surface area contributed by atoms with Gasteiger partial charge < -0.3 is 4.90 Å². The molecule has 1 saturated heterocycles. The van der Waals surface area contributed by atoms with Gasteiger partial charge in [-0.1, -0.05) is 41.9 Å². The summed E-state index contributed by atoms with van der Waals surface area (Å²) in [5, 5.41) is 0.711. The monoisotopic (exact) mass is 299 g/mol. The van der Waals surface area contributed by atoms with Gasteiger partial charge in [0.15, 0.2) is 0 Å².